The van der Waals surface area contributed by atoms with Gasteiger partial charge in [0, 0.05) is 0 Å². The van der Waals surface area contributed by atoms with E-state index in [4.69, 9.17) is 0 Å². The highest BCUT2D eigenvalue weighted by molar-refractivity contribution is 5.28. The molecule has 0 aromatic heterocycles. The maximum atomic E-state index is 2.24. The highest BCUT2D eigenvalue weighted by atomic mass is 14.1. The van der Waals surface area contributed by atoms with Gasteiger partial charge in [-0.05, 0) is 0 Å². The monoisotopic (exact) mass is 117 g/mol. The normalized spacial score (nSPS) is 36.4. The lowest BCUT2D eigenvalue weighted by Crippen LogP contribution is -1.94. The third-order valence-corrected chi connectivity index (χ3v) is 1.78. The van der Waals surface area contributed by atoms with Crippen molar-refractivity contribution in [3.05, 3.63) is 42.9 Å². The molecule has 0 spiro atoms. The van der Waals surface area contributed by atoms with E-state index in [-0.39, 0.29) is 0 Å². The van der Waals surface area contributed by atoms with E-state index in [1.165, 1.54) is 0 Å². The Labute approximate surface area is 55.6 Å². The van der Waals surface area contributed by atoms with E-state index in [1.54, 1.807) is 0 Å². The zero-order valence-corrected chi connectivity index (χ0v) is 5.20. The molecule has 3 aliphatic rings. The second kappa shape index (κ2) is 1.80. The lowest BCUT2D eigenvalue weighted by Gasteiger charge is -2.01. The molecule has 0 aromatic carbocycles. The topological polar surface area (TPSA) is 0 Å². The molecule has 0 fully saturated rings. The molecule has 3 rings (SSSR count). The van der Waals surface area contributed by atoms with Gasteiger partial charge in [-0.15, -0.1) is 0 Å². The molecule has 0 aliphatic heterocycles. The van der Waals surface area contributed by atoms with Crippen molar-refractivity contribution in [2.24, 2.45) is 11.8 Å². The van der Waals surface area contributed by atoms with E-state index in [0.29, 0.717) is 11.8 Å². The average molecular weight is 117 g/mol. The van der Waals surface area contributed by atoms with Crippen LogP contribution in [0.15, 0.2) is 36.5 Å². The van der Waals surface area contributed by atoms with Gasteiger partial charge in [-0.3, -0.25) is 0 Å². The lowest BCUT2D eigenvalue weighted by atomic mass is 9.99. The van der Waals surface area contributed by atoms with Crippen molar-refractivity contribution < 1.29 is 0 Å². The van der Waals surface area contributed by atoms with Crippen LogP contribution in [0.1, 0.15) is 0 Å². The van der Waals surface area contributed by atoms with Gasteiger partial charge in [-0.2, -0.15) is 0 Å². The van der Waals surface area contributed by atoms with Crippen molar-refractivity contribution in [3.63, 3.8) is 0 Å². The third-order valence-electron chi connectivity index (χ3n) is 1.78. The van der Waals surface area contributed by atoms with Crippen LogP contribution >= 0.6 is 0 Å². The van der Waals surface area contributed by atoms with Crippen LogP contribution in [-0.4, -0.2) is 0 Å². The molecule has 0 saturated heterocycles. The van der Waals surface area contributed by atoms with Crippen molar-refractivity contribution in [2.75, 3.05) is 0 Å². The molecule has 9 heavy (non-hydrogen) atoms. The fourth-order valence-electron chi connectivity index (χ4n) is 1.22. The van der Waals surface area contributed by atoms with Crippen LogP contribution in [0, 0.1) is 18.3 Å². The molecule has 3 aliphatic carbocycles. The summed E-state index contributed by atoms with van der Waals surface area (Å²) in [5.74, 6) is 1.14. The number of fused-ring (bicyclic) bond motifs is 1. The molecule has 0 saturated carbocycles. The molecule has 0 amide bonds. The Morgan fingerprint density at radius 2 is 1.67 bits per heavy atom. The van der Waals surface area contributed by atoms with Crippen molar-refractivity contribution in [1.82, 2.24) is 0 Å². The molecule has 0 heterocycles. The van der Waals surface area contributed by atoms with Crippen LogP contribution in [0.4, 0.5) is 0 Å². The Morgan fingerprint density at radius 3 is 2.44 bits per heavy atom. The number of rotatable bonds is 0. The fourth-order valence-corrected chi connectivity index (χ4v) is 1.22. The molecule has 44 valence electrons. The zero-order valence-electron chi connectivity index (χ0n) is 5.20. The Bertz CT molecular complexity index is 167. The summed E-state index contributed by atoms with van der Waals surface area (Å²) in [6.45, 7) is 0. The van der Waals surface area contributed by atoms with Gasteiger partial charge < -0.3 is 0 Å². The Balaban J connectivity index is 2.34. The second-order valence-electron chi connectivity index (χ2n) is 2.50. The van der Waals surface area contributed by atoms with E-state index < -0.39 is 0 Å². The van der Waals surface area contributed by atoms with Crippen LogP contribution in [0.5, 0.6) is 0 Å². The van der Waals surface area contributed by atoms with Crippen LogP contribution < -0.4 is 0 Å². The van der Waals surface area contributed by atoms with Crippen LogP contribution in [0.3, 0.4) is 0 Å². The molecule has 0 aromatic rings. The molecule has 2 bridgehead atoms. The number of hydrogen-bond donors (Lipinski definition) is 0. The summed E-state index contributed by atoms with van der Waals surface area (Å²) in [5.41, 5.74) is 0. The minimum absolute atomic E-state index is 0.569. The van der Waals surface area contributed by atoms with Gasteiger partial charge in [0.05, 0.1) is 30.4 Å². The Morgan fingerprint density at radius 1 is 0.889 bits per heavy atom. The van der Waals surface area contributed by atoms with Gasteiger partial charge in [0.25, 0.3) is 0 Å². The maximum absolute atomic E-state index is 2.24. The largest absolute Gasteiger partial charge is 0.0912 e. The average Bonchev–Trinajstić information content (AvgIpc) is 2.21. The lowest BCUT2D eigenvalue weighted by molar-refractivity contribution is 0.938. The summed E-state index contributed by atoms with van der Waals surface area (Å²) >= 11 is 0. The summed E-state index contributed by atoms with van der Waals surface area (Å²) in [4.78, 5) is 0. The van der Waals surface area contributed by atoms with E-state index >= 15 is 0 Å². The Kier molecular flexibility index (Phi) is 0.984. The molecular weight excluding hydrogens is 108 g/mol. The minimum atomic E-state index is 0.569. The van der Waals surface area contributed by atoms with Gasteiger partial charge in [-0.1, -0.05) is 24.3 Å². The number of hydrogen-bond acceptors (Lipinski definition) is 0. The van der Waals surface area contributed by atoms with E-state index in [2.05, 4.69) is 42.9 Å². The van der Waals surface area contributed by atoms with Crippen molar-refractivity contribution in [1.29, 1.82) is 0 Å². The first-order valence-corrected chi connectivity index (χ1v) is 3.33. The van der Waals surface area contributed by atoms with Crippen LogP contribution in [0.2, 0.25) is 0 Å². The van der Waals surface area contributed by atoms with Gasteiger partial charge in [0.15, 0.2) is 0 Å². The minimum Gasteiger partial charge on any atom is -0.0558 e. The van der Waals surface area contributed by atoms with Gasteiger partial charge in [-0.25, -0.2) is 0 Å². The van der Waals surface area contributed by atoms with Gasteiger partial charge in [0.2, 0.25) is 0 Å². The fraction of sp³-hybridized carbons (Fsp3) is 0.222. The summed E-state index contributed by atoms with van der Waals surface area (Å²) < 4.78 is 0. The van der Waals surface area contributed by atoms with Gasteiger partial charge >= 0.3 is 0 Å². The second-order valence-corrected chi connectivity index (χ2v) is 2.50. The van der Waals surface area contributed by atoms with E-state index in [1.807, 2.05) is 0 Å². The summed E-state index contributed by atoms with van der Waals surface area (Å²) in [6.07, 6.45) is 15.5. The molecule has 0 radical (unpaired) electrons. The molecule has 0 unspecified atom stereocenters. The van der Waals surface area contributed by atoms with Crippen LogP contribution in [0.25, 0.3) is 0 Å². The highest BCUT2D eigenvalue weighted by Crippen LogP contribution is 2.22. The molecule has 0 N–H and O–H groups in total. The SMILES string of the molecule is C1=CC2C=CC(C=C2)[CH+]1. The molecular formula is C9H9+. The highest BCUT2D eigenvalue weighted by Gasteiger charge is 2.15. The van der Waals surface area contributed by atoms with Crippen molar-refractivity contribution >= 4 is 0 Å². The van der Waals surface area contributed by atoms with Crippen LogP contribution in [-0.2, 0) is 0 Å². The summed E-state index contributed by atoms with van der Waals surface area (Å²) in [6, 6.07) is 0. The van der Waals surface area contributed by atoms with Gasteiger partial charge in [0.1, 0.15) is 0 Å². The first-order chi connectivity index (χ1) is 4.45. The quantitative estimate of drug-likeness (QED) is 0.337. The predicted molar refractivity (Wildman–Crippen MR) is 38.7 cm³/mol. The van der Waals surface area contributed by atoms with E-state index in [0.717, 1.165) is 0 Å². The van der Waals surface area contributed by atoms with E-state index in [9.17, 15) is 0 Å². The van der Waals surface area contributed by atoms with Crippen molar-refractivity contribution in [3.8, 4) is 0 Å². The predicted octanol–water partition coefficient (Wildman–Crippen LogP) is 2.12. The standard InChI is InChI=1S/C9H9/c1-2-8-4-6-9(3-1)7-5-8/h1-9H/q+1. The summed E-state index contributed by atoms with van der Waals surface area (Å²) in [7, 11) is 0. The summed E-state index contributed by atoms with van der Waals surface area (Å²) in [5, 5.41) is 0. The first kappa shape index (κ1) is 4.92. The molecule has 0 atom stereocenters. The third kappa shape index (κ3) is 0.807. The smallest absolute Gasteiger partial charge is 0.0558 e. The maximum Gasteiger partial charge on any atom is 0.0912 e. The Hall–Kier alpha value is -0.910. The number of allylic oxidation sites excluding steroid dienone is 6. The zero-order chi connectivity index (χ0) is 6.10. The molecule has 0 nitrogen and oxygen atoms in total. The molecule has 0 heteroatoms. The first-order valence-electron chi connectivity index (χ1n) is 3.33. The van der Waals surface area contributed by atoms with Crippen molar-refractivity contribution in [2.45, 2.75) is 0 Å².